The average molecular weight is 1770 g/mol. The number of benzene rings is 1. The molecule has 2 amide bonds. The van der Waals surface area contributed by atoms with Crippen LogP contribution in [0.4, 0.5) is 14.4 Å². The number of rotatable bonds is 27. The molecule has 0 aliphatic carbocycles. The van der Waals surface area contributed by atoms with Crippen LogP contribution in [0.25, 0.3) is 0 Å². The maximum atomic E-state index is 11.9. The molecule has 2 fully saturated rings. The monoisotopic (exact) mass is 1770 g/mol. The van der Waals surface area contributed by atoms with E-state index in [2.05, 4.69) is 99.7 Å². The molecule has 9 aromatic heterocycles. The molecular weight excluding hydrogens is 1630 g/mol. The Balaban J connectivity index is 0.000000302. The van der Waals surface area contributed by atoms with Gasteiger partial charge in [-0.3, -0.25) is 24.3 Å². The van der Waals surface area contributed by atoms with E-state index in [1.54, 1.807) is 155 Å². The predicted molar refractivity (Wildman–Crippen MR) is 482 cm³/mol. The number of ether oxygens (including phenoxy) is 2. The second kappa shape index (κ2) is 61.8. The van der Waals surface area contributed by atoms with Crippen molar-refractivity contribution in [2.75, 3.05) is 59.2 Å². The summed E-state index contributed by atoms with van der Waals surface area (Å²) in [6.07, 6.45) is 42.1. The standard InChI is InChI=1S/2C16H28NO.C12H12NO3S.C11H15N2O2.C10H13N2O3.C10H14NO3.C9H14NO.C8H10NO.C7H8NO/c1-6-8-9-16(7-2)12-18-17-14(4)10-13(3)11-15(17)5;1-5-6-7-8-9-10-11-18-17-15(3)12-14(2)13-16(17)4;1-11-5-7-12(8-6-11)17(14,15)16-13-9-3-2-4-10-13;14-11(12-7-3-1-4-8-12)15-13-9-5-2-6-10-13;13-10(11-6-8-14-9-7-11)15-12-4-2-1-3-5-12;1-10(2,3)13-9(12)14-11-7-5-4-6-8-11;1-9(2,3)11-10-7-5-4-6-8-10;1-2-8-10-9-6-4-3-5-7-9;1-2-9-8-6-4-3-5-7-8/h10-11,16H,6-9,12H2,1-5H3;12-13H,5-11H2,1-4H3;2-10H,1H3;2,5-6,9-10H,1,3-4,7-8H2;1-5H,6-9H2;4-8H,1-3H3;4-8H,1-3H3;2-7H,1,8H2;2-7H,1H2/q9*+1. The molecule has 10 aromatic rings. The Morgan fingerprint density at radius 2 is 0.835 bits per heavy atom. The molecule has 2 aliphatic heterocycles. The first kappa shape index (κ1) is 107. The summed E-state index contributed by atoms with van der Waals surface area (Å²) in [4.78, 5) is 80.4. The number of morpholine rings is 1. The maximum absolute atomic E-state index is 11.9. The number of carbonyl (C=O) groups is 3. The minimum absolute atomic E-state index is 0.133. The Bertz CT molecular complexity index is 4640. The van der Waals surface area contributed by atoms with Crippen LogP contribution in [0.1, 0.15) is 185 Å². The predicted octanol–water partition coefficient (Wildman–Crippen LogP) is 12.9. The van der Waals surface area contributed by atoms with Crippen LogP contribution in [0.5, 0.6) is 0 Å². The molecule has 0 saturated carbocycles. The fourth-order valence-corrected chi connectivity index (χ4v) is 12.6. The van der Waals surface area contributed by atoms with E-state index in [1.807, 2.05) is 147 Å². The molecule has 686 valence electrons. The number of nitrogens with zero attached hydrogens (tertiary/aromatic N) is 11. The summed E-state index contributed by atoms with van der Waals surface area (Å²) in [6.45, 7) is 45.8. The molecule has 2 saturated heterocycles. The van der Waals surface area contributed by atoms with Gasteiger partial charge in [-0.05, 0) is 143 Å². The van der Waals surface area contributed by atoms with Crippen molar-refractivity contribution in [3.05, 3.63) is 328 Å². The molecule has 0 N–H and O–H groups in total. The number of hydrogen-bond acceptors (Lipinski definition) is 16. The number of likely N-dealkylation sites (tertiary alicyclic amines) is 1. The molecule has 27 nitrogen and oxygen atoms in total. The first-order chi connectivity index (χ1) is 60.9. The Kier molecular flexibility index (Phi) is 52.0. The van der Waals surface area contributed by atoms with Gasteiger partial charge in [0.05, 0.1) is 13.2 Å². The van der Waals surface area contributed by atoms with Crippen molar-refractivity contribution in [3.63, 3.8) is 0 Å². The van der Waals surface area contributed by atoms with Crippen LogP contribution in [-0.2, 0) is 19.6 Å². The number of carbonyl (C=O) groups excluding carboxylic acids is 3. The van der Waals surface area contributed by atoms with E-state index in [4.69, 9.17) is 52.5 Å². The third-order valence-electron chi connectivity index (χ3n) is 17.8. The number of aromatic nitrogens is 9. The van der Waals surface area contributed by atoms with Gasteiger partial charge in [-0.1, -0.05) is 133 Å². The SMILES string of the molecule is C=CCO[n+]1ccccc1.C=CO[n+]1ccccc1.CC(C)(C)OC(=O)O[n+]1ccccc1.CC(C)(C)O[n+]1ccccc1.CCCCC(CC)CO[n+]1c(C)cc(C)cc1C.CCCCCCCCO[n+]1c(C)cc(C)cc1C.Cc1ccc(S(=O)(=O)O[n+]2ccccc2)cc1.O=C(O[n+]1ccccc1)N1CCCCC1.O=C(O[n+]1ccccc1)N1CCOCC1. The van der Waals surface area contributed by atoms with E-state index in [-0.39, 0.29) is 22.7 Å². The van der Waals surface area contributed by atoms with Gasteiger partial charge in [0, 0.05) is 206 Å². The van der Waals surface area contributed by atoms with Crippen molar-refractivity contribution in [2.24, 2.45) is 5.92 Å². The van der Waals surface area contributed by atoms with Crippen molar-refractivity contribution in [2.45, 2.75) is 210 Å². The molecule has 0 radical (unpaired) electrons. The molecule has 1 unspecified atom stereocenters. The normalized spacial score (nSPS) is 12.0. The summed E-state index contributed by atoms with van der Waals surface area (Å²) in [5.74, 6) is 0.678. The van der Waals surface area contributed by atoms with Crippen molar-refractivity contribution in [3.8, 4) is 0 Å². The van der Waals surface area contributed by atoms with Crippen LogP contribution in [0.3, 0.4) is 0 Å². The van der Waals surface area contributed by atoms with E-state index >= 15 is 0 Å². The summed E-state index contributed by atoms with van der Waals surface area (Å²) in [5.41, 5.74) is 7.63. The lowest BCUT2D eigenvalue weighted by Crippen LogP contribution is -2.52. The van der Waals surface area contributed by atoms with Crippen molar-refractivity contribution in [1.29, 1.82) is 0 Å². The highest BCUT2D eigenvalue weighted by Gasteiger charge is 2.26. The number of hydrogen-bond donors (Lipinski definition) is 0. The van der Waals surface area contributed by atoms with Gasteiger partial charge in [0.2, 0.25) is 110 Å². The lowest BCUT2D eigenvalue weighted by molar-refractivity contribution is -0.905. The number of piperidine rings is 1. The largest absolute Gasteiger partial charge is 0.572 e. The summed E-state index contributed by atoms with van der Waals surface area (Å²) in [6, 6.07) is 53.9. The highest BCUT2D eigenvalue weighted by atomic mass is 32.2. The van der Waals surface area contributed by atoms with E-state index in [0.717, 1.165) is 55.9 Å². The lowest BCUT2D eigenvalue weighted by Gasteiger charge is -2.23. The topological polar surface area (TPSA) is 228 Å². The fourth-order valence-electron chi connectivity index (χ4n) is 11.7. The molecule has 1 aromatic carbocycles. The van der Waals surface area contributed by atoms with Gasteiger partial charge < -0.3 is 14.4 Å². The summed E-state index contributed by atoms with van der Waals surface area (Å²) < 4.78 is 52.9. The van der Waals surface area contributed by atoms with Crippen molar-refractivity contribution < 1.29 is 118 Å². The van der Waals surface area contributed by atoms with Crippen LogP contribution in [0, 0.1) is 54.4 Å². The van der Waals surface area contributed by atoms with E-state index in [1.165, 1.54) is 143 Å². The number of pyridine rings is 9. The van der Waals surface area contributed by atoms with Crippen LogP contribution in [0.15, 0.2) is 293 Å². The first-order valence-electron chi connectivity index (χ1n) is 43.6. The van der Waals surface area contributed by atoms with Crippen LogP contribution in [-0.4, -0.2) is 107 Å². The number of unbranched alkanes of at least 4 members (excludes halogenated alkanes) is 6. The molecule has 0 spiro atoms. The molecule has 28 heteroatoms. The van der Waals surface area contributed by atoms with Crippen LogP contribution >= 0.6 is 0 Å². The van der Waals surface area contributed by atoms with Gasteiger partial charge in [-0.25, -0.2) is 14.4 Å². The van der Waals surface area contributed by atoms with Crippen molar-refractivity contribution in [1.82, 2.24) is 9.80 Å². The number of aryl methyl sites for hydroxylation is 7. The van der Waals surface area contributed by atoms with Gasteiger partial charge in [-0.15, -0.1) is 9.12 Å². The molecular formula is C99H142N11O16S+9. The summed E-state index contributed by atoms with van der Waals surface area (Å²) in [7, 11) is -3.77. The van der Waals surface area contributed by atoms with Crippen LogP contribution < -0.4 is 85.6 Å². The molecule has 11 heterocycles. The van der Waals surface area contributed by atoms with Gasteiger partial charge in [0.25, 0.3) is 0 Å². The fraction of sp³-hybridized carbons (Fsp3) is 0.414. The third kappa shape index (κ3) is 49.2. The molecule has 127 heavy (non-hydrogen) atoms. The zero-order valence-electron chi connectivity index (χ0n) is 77.9. The van der Waals surface area contributed by atoms with Gasteiger partial charge >= 0.3 is 28.5 Å². The molecule has 12 rings (SSSR count). The zero-order valence-corrected chi connectivity index (χ0v) is 78.7. The zero-order chi connectivity index (χ0) is 92.9. The molecule has 1 atom stereocenters. The summed E-state index contributed by atoms with van der Waals surface area (Å²) >= 11 is 0. The van der Waals surface area contributed by atoms with Gasteiger partial charge in [0.1, 0.15) is 10.5 Å². The number of amides is 2. The van der Waals surface area contributed by atoms with Crippen molar-refractivity contribution >= 4 is 28.5 Å². The highest BCUT2D eigenvalue weighted by molar-refractivity contribution is 7.86. The average Bonchev–Trinajstić information content (AvgIpc) is 0.740. The lowest BCUT2D eigenvalue weighted by atomic mass is 10.0. The second-order valence-corrected chi connectivity index (χ2v) is 33.0. The minimum Gasteiger partial charge on any atom is -0.425 e. The van der Waals surface area contributed by atoms with E-state index in [9.17, 15) is 22.8 Å². The maximum Gasteiger partial charge on any atom is 0.572 e. The van der Waals surface area contributed by atoms with E-state index < -0.39 is 21.9 Å². The first-order valence-corrected chi connectivity index (χ1v) is 45.0. The highest BCUT2D eigenvalue weighted by Crippen LogP contribution is 2.14. The molecule has 0 bridgehead atoms. The molecule has 2 aliphatic rings. The minimum atomic E-state index is -3.77. The van der Waals surface area contributed by atoms with Crippen LogP contribution in [0.2, 0.25) is 0 Å². The Morgan fingerprint density at radius 1 is 0.441 bits per heavy atom. The Hall–Kier alpha value is -12.4. The quantitative estimate of drug-likeness (QED) is 0.0153. The van der Waals surface area contributed by atoms with Gasteiger partial charge in [0.15, 0.2) is 31.7 Å². The smallest absolute Gasteiger partial charge is 0.425 e. The second-order valence-electron chi connectivity index (χ2n) is 31.5. The Labute approximate surface area is 755 Å². The van der Waals surface area contributed by atoms with Gasteiger partial charge in [-0.2, -0.15) is 22.9 Å². The third-order valence-corrected chi connectivity index (χ3v) is 19.0. The van der Waals surface area contributed by atoms with E-state index in [0.29, 0.717) is 38.8 Å². The Morgan fingerprint density at radius 3 is 1.25 bits per heavy atom. The summed E-state index contributed by atoms with van der Waals surface area (Å²) in [5, 5.41) is 0.